The molecule has 0 saturated heterocycles. The number of hydrogen-bond donors (Lipinski definition) is 3. The normalized spacial score (nSPS) is 25.4. The zero-order valence-electron chi connectivity index (χ0n) is 8.44. The van der Waals surface area contributed by atoms with E-state index >= 15 is 0 Å². The van der Waals surface area contributed by atoms with Gasteiger partial charge in [0, 0.05) is 6.54 Å². The fourth-order valence-electron chi connectivity index (χ4n) is 1.95. The Kier molecular flexibility index (Phi) is 3.01. The molecule has 82 valence electrons. The zero-order chi connectivity index (χ0) is 10.7. The standard InChI is InChI=1S/C10H15N3O2/c14-8-2-1-7(3-8)4-12-10(15)9-5-11-6-13-9/h5-8,14H,1-4H2,(H,11,13)(H,12,15). The Morgan fingerprint density at radius 2 is 2.53 bits per heavy atom. The number of imidazole rings is 1. The molecular weight excluding hydrogens is 194 g/mol. The van der Waals surface area contributed by atoms with Crippen LogP contribution in [0.15, 0.2) is 12.5 Å². The molecule has 2 unspecified atom stereocenters. The lowest BCUT2D eigenvalue weighted by atomic mass is 10.1. The van der Waals surface area contributed by atoms with Crippen molar-refractivity contribution in [3.05, 3.63) is 18.2 Å². The number of nitrogens with zero attached hydrogens (tertiary/aromatic N) is 1. The molecule has 1 aliphatic carbocycles. The molecule has 1 amide bonds. The van der Waals surface area contributed by atoms with E-state index in [1.54, 1.807) is 0 Å². The van der Waals surface area contributed by atoms with E-state index in [2.05, 4.69) is 15.3 Å². The number of amides is 1. The molecule has 1 fully saturated rings. The van der Waals surface area contributed by atoms with Crippen molar-refractivity contribution < 1.29 is 9.90 Å². The number of aromatic nitrogens is 2. The van der Waals surface area contributed by atoms with Crippen LogP contribution in [0, 0.1) is 5.92 Å². The molecule has 0 radical (unpaired) electrons. The van der Waals surface area contributed by atoms with Crippen LogP contribution < -0.4 is 5.32 Å². The Morgan fingerprint density at radius 1 is 1.67 bits per heavy atom. The van der Waals surface area contributed by atoms with Crippen molar-refractivity contribution in [1.82, 2.24) is 15.3 Å². The van der Waals surface area contributed by atoms with Crippen molar-refractivity contribution in [2.75, 3.05) is 6.54 Å². The highest BCUT2D eigenvalue weighted by atomic mass is 16.3. The van der Waals surface area contributed by atoms with Gasteiger partial charge in [0.1, 0.15) is 5.69 Å². The third kappa shape index (κ3) is 2.56. The van der Waals surface area contributed by atoms with E-state index in [1.165, 1.54) is 12.5 Å². The summed E-state index contributed by atoms with van der Waals surface area (Å²) < 4.78 is 0. The number of aliphatic hydroxyl groups excluding tert-OH is 1. The Balaban J connectivity index is 1.76. The van der Waals surface area contributed by atoms with Gasteiger partial charge in [0.25, 0.3) is 5.91 Å². The van der Waals surface area contributed by atoms with E-state index in [4.69, 9.17) is 0 Å². The van der Waals surface area contributed by atoms with Crippen molar-refractivity contribution >= 4 is 5.91 Å². The van der Waals surface area contributed by atoms with E-state index in [0.717, 1.165) is 19.3 Å². The van der Waals surface area contributed by atoms with E-state index in [0.29, 0.717) is 18.2 Å². The smallest absolute Gasteiger partial charge is 0.269 e. The third-order valence-corrected chi connectivity index (χ3v) is 2.81. The summed E-state index contributed by atoms with van der Waals surface area (Å²) in [4.78, 5) is 18.0. The number of rotatable bonds is 3. The third-order valence-electron chi connectivity index (χ3n) is 2.81. The first-order valence-corrected chi connectivity index (χ1v) is 5.20. The number of nitrogens with one attached hydrogen (secondary N) is 2. The lowest BCUT2D eigenvalue weighted by molar-refractivity contribution is 0.0940. The van der Waals surface area contributed by atoms with Gasteiger partial charge < -0.3 is 15.4 Å². The molecule has 2 atom stereocenters. The van der Waals surface area contributed by atoms with Crippen molar-refractivity contribution in [1.29, 1.82) is 0 Å². The van der Waals surface area contributed by atoms with Crippen LogP contribution in [-0.2, 0) is 0 Å². The Hall–Kier alpha value is -1.36. The lowest BCUT2D eigenvalue weighted by Crippen LogP contribution is -2.28. The summed E-state index contributed by atoms with van der Waals surface area (Å²) in [6, 6.07) is 0. The van der Waals surface area contributed by atoms with Gasteiger partial charge in [-0.3, -0.25) is 4.79 Å². The van der Waals surface area contributed by atoms with Crippen molar-refractivity contribution in [3.8, 4) is 0 Å². The predicted molar refractivity (Wildman–Crippen MR) is 54.3 cm³/mol. The lowest BCUT2D eigenvalue weighted by Gasteiger charge is -2.09. The minimum atomic E-state index is -0.181. The molecule has 0 aliphatic heterocycles. The summed E-state index contributed by atoms with van der Waals surface area (Å²) in [5.74, 6) is 0.278. The summed E-state index contributed by atoms with van der Waals surface area (Å²) in [6.07, 6.45) is 5.43. The molecule has 0 spiro atoms. The second kappa shape index (κ2) is 4.44. The monoisotopic (exact) mass is 209 g/mol. The summed E-state index contributed by atoms with van der Waals surface area (Å²) in [7, 11) is 0. The molecule has 1 aromatic rings. The molecule has 2 rings (SSSR count). The molecule has 15 heavy (non-hydrogen) atoms. The quantitative estimate of drug-likeness (QED) is 0.670. The van der Waals surface area contributed by atoms with Crippen LogP contribution in [-0.4, -0.2) is 33.6 Å². The fraction of sp³-hybridized carbons (Fsp3) is 0.600. The molecule has 1 heterocycles. The first kappa shape index (κ1) is 10.2. The van der Waals surface area contributed by atoms with Gasteiger partial charge in [-0.2, -0.15) is 0 Å². The van der Waals surface area contributed by atoms with Gasteiger partial charge in [0.05, 0.1) is 18.6 Å². The number of aromatic amines is 1. The average molecular weight is 209 g/mol. The summed E-state index contributed by atoms with van der Waals surface area (Å²) in [5, 5.41) is 12.1. The fourth-order valence-corrected chi connectivity index (χ4v) is 1.95. The highest BCUT2D eigenvalue weighted by molar-refractivity contribution is 5.91. The molecule has 5 heteroatoms. The Labute approximate surface area is 87.9 Å². The van der Waals surface area contributed by atoms with Crippen molar-refractivity contribution in [2.45, 2.75) is 25.4 Å². The van der Waals surface area contributed by atoms with Crippen LogP contribution in [0.1, 0.15) is 29.8 Å². The minimum absolute atomic E-state index is 0.131. The van der Waals surface area contributed by atoms with E-state index in [1.807, 2.05) is 0 Å². The van der Waals surface area contributed by atoms with Gasteiger partial charge in [-0.1, -0.05) is 0 Å². The molecule has 0 aromatic carbocycles. The van der Waals surface area contributed by atoms with Gasteiger partial charge in [-0.25, -0.2) is 4.98 Å². The number of carbonyl (C=O) groups is 1. The van der Waals surface area contributed by atoms with Crippen LogP contribution in [0.2, 0.25) is 0 Å². The van der Waals surface area contributed by atoms with E-state index in [-0.39, 0.29) is 12.0 Å². The molecule has 3 N–H and O–H groups in total. The maximum Gasteiger partial charge on any atom is 0.269 e. The van der Waals surface area contributed by atoms with Gasteiger partial charge in [0.15, 0.2) is 0 Å². The Bertz CT molecular complexity index is 323. The van der Waals surface area contributed by atoms with Gasteiger partial charge in [-0.15, -0.1) is 0 Å². The van der Waals surface area contributed by atoms with Crippen LogP contribution in [0.3, 0.4) is 0 Å². The average Bonchev–Trinajstić information content (AvgIpc) is 2.84. The maximum absolute atomic E-state index is 11.5. The number of H-pyrrole nitrogens is 1. The van der Waals surface area contributed by atoms with Gasteiger partial charge in [0.2, 0.25) is 0 Å². The first-order valence-electron chi connectivity index (χ1n) is 5.20. The maximum atomic E-state index is 11.5. The first-order chi connectivity index (χ1) is 7.25. The molecule has 1 aliphatic rings. The summed E-state index contributed by atoms with van der Waals surface area (Å²) in [5.41, 5.74) is 0.480. The van der Waals surface area contributed by atoms with Crippen molar-refractivity contribution in [3.63, 3.8) is 0 Å². The summed E-state index contributed by atoms with van der Waals surface area (Å²) >= 11 is 0. The molecule has 1 saturated carbocycles. The number of carbonyl (C=O) groups excluding carboxylic acids is 1. The largest absolute Gasteiger partial charge is 0.393 e. The number of aliphatic hydroxyl groups is 1. The molecule has 1 aromatic heterocycles. The Morgan fingerprint density at radius 3 is 3.13 bits per heavy atom. The topological polar surface area (TPSA) is 78.0 Å². The van der Waals surface area contributed by atoms with Gasteiger partial charge in [-0.05, 0) is 25.2 Å². The molecule has 5 nitrogen and oxygen atoms in total. The van der Waals surface area contributed by atoms with Crippen LogP contribution in [0.25, 0.3) is 0 Å². The van der Waals surface area contributed by atoms with Crippen LogP contribution >= 0.6 is 0 Å². The van der Waals surface area contributed by atoms with E-state index < -0.39 is 0 Å². The van der Waals surface area contributed by atoms with E-state index in [9.17, 15) is 9.90 Å². The van der Waals surface area contributed by atoms with Crippen LogP contribution in [0.4, 0.5) is 0 Å². The second-order valence-electron chi connectivity index (χ2n) is 4.01. The SMILES string of the molecule is O=C(NCC1CCC(O)C1)c1cnc[nH]1. The highest BCUT2D eigenvalue weighted by Crippen LogP contribution is 2.24. The molecular formula is C10H15N3O2. The zero-order valence-corrected chi connectivity index (χ0v) is 8.44. The predicted octanol–water partition coefficient (Wildman–Crippen LogP) is 0.300. The minimum Gasteiger partial charge on any atom is -0.393 e. The van der Waals surface area contributed by atoms with Crippen LogP contribution in [0.5, 0.6) is 0 Å². The van der Waals surface area contributed by atoms with Crippen molar-refractivity contribution in [2.24, 2.45) is 5.92 Å². The summed E-state index contributed by atoms with van der Waals surface area (Å²) in [6.45, 7) is 0.634. The molecule has 0 bridgehead atoms. The number of hydrogen-bond acceptors (Lipinski definition) is 3. The van der Waals surface area contributed by atoms with Gasteiger partial charge >= 0.3 is 0 Å². The highest BCUT2D eigenvalue weighted by Gasteiger charge is 2.23. The second-order valence-corrected chi connectivity index (χ2v) is 4.01.